The van der Waals surface area contributed by atoms with Crippen LogP contribution in [-0.4, -0.2) is 77.6 Å². The molecule has 0 atom stereocenters. The summed E-state index contributed by atoms with van der Waals surface area (Å²) in [6.45, 7) is 14.5. The minimum atomic E-state index is -0.769. The fraction of sp³-hybridized carbons (Fsp3) is 0.581. The van der Waals surface area contributed by atoms with Gasteiger partial charge in [0, 0.05) is 32.2 Å². The van der Waals surface area contributed by atoms with Crippen molar-refractivity contribution in [2.75, 3.05) is 49.2 Å². The number of ether oxygens (including phenoxy) is 4. The van der Waals surface area contributed by atoms with Crippen LogP contribution in [0, 0.1) is 11.3 Å². The number of carbonyl (C=O) groups excluding carboxylic acids is 2. The smallest absolute Gasteiger partial charge is 0.420 e. The number of fused-ring (bicyclic) bond motifs is 2. The Labute approximate surface area is 252 Å². The average molecular weight is 593 g/mol. The van der Waals surface area contributed by atoms with Crippen LogP contribution in [0.3, 0.4) is 0 Å². The van der Waals surface area contributed by atoms with E-state index in [4.69, 9.17) is 18.9 Å². The van der Waals surface area contributed by atoms with Crippen molar-refractivity contribution in [3.05, 3.63) is 35.2 Å². The molecule has 2 aromatic rings. The zero-order valence-electron chi connectivity index (χ0n) is 25.8. The topological polar surface area (TPSA) is 130 Å². The number of benzene rings is 1. The van der Waals surface area contributed by atoms with Crippen molar-refractivity contribution in [3.63, 3.8) is 0 Å². The lowest BCUT2D eigenvalue weighted by atomic mass is 9.86. The number of nitriles is 1. The monoisotopic (exact) mass is 592 g/mol. The SMILES string of the molecule is CC(C)(C)OC(=O)N1CCC(c2cc3c(cc2C#N)OCc2c(N4CCOCC4)ncnc2N3C(=O)OC(C)(C)C)CC1. The summed E-state index contributed by atoms with van der Waals surface area (Å²) in [4.78, 5) is 40.9. The van der Waals surface area contributed by atoms with Gasteiger partial charge in [0.2, 0.25) is 0 Å². The third kappa shape index (κ3) is 6.77. The number of morpholine rings is 1. The standard InChI is InChI=1S/C31H40N6O6/c1-30(2,3)42-28(38)36-9-7-20(8-10-36)22-16-24-25(15-21(22)17-32)41-18-23-26(35-11-13-40-14-12-35)33-19-34-27(23)37(24)29(39)43-31(4,5)6/h15-16,19-20H,7-14,18H2,1-6H3. The summed E-state index contributed by atoms with van der Waals surface area (Å²) in [5.74, 6) is 1.41. The normalized spacial score (nSPS) is 17.7. The van der Waals surface area contributed by atoms with Crippen molar-refractivity contribution in [1.29, 1.82) is 5.26 Å². The van der Waals surface area contributed by atoms with Crippen LogP contribution >= 0.6 is 0 Å². The van der Waals surface area contributed by atoms with Gasteiger partial charge in [0.05, 0.1) is 36.1 Å². The van der Waals surface area contributed by atoms with Crippen LogP contribution < -0.4 is 14.5 Å². The highest BCUT2D eigenvalue weighted by Crippen LogP contribution is 2.45. The maximum absolute atomic E-state index is 13.9. The molecular formula is C31H40N6O6. The maximum Gasteiger partial charge on any atom is 0.420 e. The number of anilines is 3. The summed E-state index contributed by atoms with van der Waals surface area (Å²) in [5, 5.41) is 10.2. The van der Waals surface area contributed by atoms with Crippen LogP contribution in [0.1, 0.15) is 77.0 Å². The molecule has 0 N–H and O–H groups in total. The molecule has 3 aliphatic rings. The number of rotatable bonds is 2. The van der Waals surface area contributed by atoms with Gasteiger partial charge < -0.3 is 28.7 Å². The van der Waals surface area contributed by atoms with Crippen molar-refractivity contribution in [2.24, 2.45) is 0 Å². The molecule has 2 saturated heterocycles. The molecule has 0 saturated carbocycles. The van der Waals surface area contributed by atoms with Gasteiger partial charge in [-0.2, -0.15) is 5.26 Å². The molecule has 0 aliphatic carbocycles. The van der Waals surface area contributed by atoms with Gasteiger partial charge in [-0.25, -0.2) is 24.5 Å². The number of aromatic nitrogens is 2. The average Bonchev–Trinajstić information content (AvgIpc) is 3.11. The number of likely N-dealkylation sites (tertiary alicyclic amines) is 1. The molecule has 12 nitrogen and oxygen atoms in total. The quantitative estimate of drug-likeness (QED) is 0.455. The van der Waals surface area contributed by atoms with Crippen molar-refractivity contribution < 1.29 is 28.5 Å². The van der Waals surface area contributed by atoms with Crippen LogP contribution in [0.15, 0.2) is 18.5 Å². The highest BCUT2D eigenvalue weighted by molar-refractivity contribution is 5.99. The summed E-state index contributed by atoms with van der Waals surface area (Å²) in [6, 6.07) is 5.86. The summed E-state index contributed by atoms with van der Waals surface area (Å²) in [6.07, 6.45) is 1.77. The minimum Gasteiger partial charge on any atom is -0.486 e. The lowest BCUT2D eigenvalue weighted by Gasteiger charge is -2.34. The van der Waals surface area contributed by atoms with Crippen LogP contribution in [0.5, 0.6) is 5.75 Å². The third-order valence-electron chi connectivity index (χ3n) is 7.45. The summed E-state index contributed by atoms with van der Waals surface area (Å²) < 4.78 is 23.2. The van der Waals surface area contributed by atoms with Crippen molar-refractivity contribution >= 4 is 29.5 Å². The molecule has 43 heavy (non-hydrogen) atoms. The second-order valence-electron chi connectivity index (χ2n) is 13.0. The van der Waals surface area contributed by atoms with Crippen LogP contribution in [-0.2, 0) is 20.8 Å². The van der Waals surface area contributed by atoms with Crippen molar-refractivity contribution in [1.82, 2.24) is 14.9 Å². The number of hydrogen-bond donors (Lipinski definition) is 0. The van der Waals surface area contributed by atoms with E-state index in [1.165, 1.54) is 11.2 Å². The Morgan fingerprint density at radius 1 is 0.930 bits per heavy atom. The third-order valence-corrected chi connectivity index (χ3v) is 7.45. The maximum atomic E-state index is 13.9. The van der Waals surface area contributed by atoms with Gasteiger partial charge in [-0.1, -0.05) is 0 Å². The van der Waals surface area contributed by atoms with E-state index in [9.17, 15) is 14.9 Å². The van der Waals surface area contributed by atoms with Crippen molar-refractivity contribution in [3.8, 4) is 11.8 Å². The lowest BCUT2D eigenvalue weighted by Crippen LogP contribution is -2.41. The van der Waals surface area contributed by atoms with E-state index in [1.54, 1.807) is 11.0 Å². The predicted octanol–water partition coefficient (Wildman–Crippen LogP) is 5.26. The molecule has 0 spiro atoms. The highest BCUT2D eigenvalue weighted by atomic mass is 16.6. The first-order valence-electron chi connectivity index (χ1n) is 14.7. The Morgan fingerprint density at radius 2 is 1.56 bits per heavy atom. The molecule has 230 valence electrons. The van der Waals surface area contributed by atoms with Gasteiger partial charge in [0.15, 0.2) is 5.82 Å². The molecule has 3 aliphatic heterocycles. The van der Waals surface area contributed by atoms with Crippen LogP contribution in [0.25, 0.3) is 0 Å². The zero-order chi connectivity index (χ0) is 30.9. The Morgan fingerprint density at radius 3 is 2.19 bits per heavy atom. The molecule has 4 heterocycles. The molecular weight excluding hydrogens is 552 g/mol. The zero-order valence-corrected chi connectivity index (χ0v) is 25.8. The largest absolute Gasteiger partial charge is 0.486 e. The van der Waals surface area contributed by atoms with E-state index in [2.05, 4.69) is 20.9 Å². The summed E-state index contributed by atoms with van der Waals surface area (Å²) >= 11 is 0. The lowest BCUT2D eigenvalue weighted by molar-refractivity contribution is 0.0204. The van der Waals surface area contributed by atoms with Gasteiger partial charge in [0.1, 0.15) is 35.7 Å². The second-order valence-corrected chi connectivity index (χ2v) is 13.0. The fourth-order valence-electron chi connectivity index (χ4n) is 5.53. The highest BCUT2D eigenvalue weighted by Gasteiger charge is 2.36. The van der Waals surface area contributed by atoms with E-state index in [1.807, 2.05) is 47.6 Å². The Balaban J connectivity index is 1.53. The number of piperidine rings is 1. The van der Waals surface area contributed by atoms with Crippen LogP contribution in [0.2, 0.25) is 0 Å². The molecule has 2 amide bonds. The van der Waals surface area contributed by atoms with E-state index < -0.39 is 17.3 Å². The summed E-state index contributed by atoms with van der Waals surface area (Å²) in [5.41, 5.74) is 0.998. The van der Waals surface area contributed by atoms with Crippen molar-refractivity contribution in [2.45, 2.75) is 78.1 Å². The first kappa shape index (κ1) is 30.4. The van der Waals surface area contributed by atoms with Gasteiger partial charge in [-0.3, -0.25) is 0 Å². The first-order chi connectivity index (χ1) is 20.3. The van der Waals surface area contributed by atoms with Gasteiger partial charge in [-0.15, -0.1) is 0 Å². The van der Waals surface area contributed by atoms with E-state index in [-0.39, 0.29) is 18.6 Å². The number of amides is 2. The van der Waals surface area contributed by atoms with Gasteiger partial charge in [0.25, 0.3) is 0 Å². The number of hydrogen-bond acceptors (Lipinski definition) is 10. The molecule has 2 fully saturated rings. The second kappa shape index (κ2) is 11.9. The first-order valence-corrected chi connectivity index (χ1v) is 14.7. The van der Waals surface area contributed by atoms with Gasteiger partial charge >= 0.3 is 12.2 Å². The molecule has 1 aromatic heterocycles. The molecule has 1 aromatic carbocycles. The van der Waals surface area contributed by atoms with Crippen LogP contribution in [0.4, 0.5) is 26.9 Å². The minimum absolute atomic E-state index is 0.0174. The molecule has 5 rings (SSSR count). The molecule has 12 heteroatoms. The van der Waals surface area contributed by atoms with E-state index >= 15 is 0 Å². The Bertz CT molecular complexity index is 1410. The van der Waals surface area contributed by atoms with E-state index in [0.29, 0.717) is 86.4 Å². The molecule has 0 bridgehead atoms. The Hall–Kier alpha value is -4.11. The van der Waals surface area contributed by atoms with E-state index in [0.717, 1.165) is 5.56 Å². The molecule has 0 unspecified atom stereocenters. The van der Waals surface area contributed by atoms with Gasteiger partial charge in [-0.05, 0) is 71.9 Å². The predicted molar refractivity (Wildman–Crippen MR) is 159 cm³/mol. The number of nitrogens with zero attached hydrogens (tertiary/aromatic N) is 6. The molecule has 0 radical (unpaired) electrons. The number of carbonyl (C=O) groups is 2. The fourth-order valence-corrected chi connectivity index (χ4v) is 5.53. The summed E-state index contributed by atoms with van der Waals surface area (Å²) in [7, 11) is 0. The Kier molecular flexibility index (Phi) is 8.38.